The van der Waals surface area contributed by atoms with Crippen LogP contribution in [0.15, 0.2) is 32.3 Å². The van der Waals surface area contributed by atoms with Gasteiger partial charge in [0.1, 0.15) is 5.78 Å². The van der Waals surface area contributed by atoms with Crippen molar-refractivity contribution in [3.05, 3.63) is 43.5 Å². The van der Waals surface area contributed by atoms with Crippen LogP contribution < -0.4 is 11.2 Å². The number of halogens is 1. The van der Waals surface area contributed by atoms with Crippen LogP contribution in [0, 0.1) is 0 Å². The van der Waals surface area contributed by atoms with Crippen LogP contribution in [0.4, 0.5) is 0 Å². The predicted octanol–water partition coefficient (Wildman–Crippen LogP) is 1.05. The van der Waals surface area contributed by atoms with Crippen LogP contribution in [0.3, 0.4) is 0 Å². The summed E-state index contributed by atoms with van der Waals surface area (Å²) in [6, 6.07) is 5.17. The van der Waals surface area contributed by atoms with Crippen molar-refractivity contribution in [1.82, 2.24) is 9.13 Å². The molecule has 0 spiro atoms. The van der Waals surface area contributed by atoms with Gasteiger partial charge >= 0.3 is 5.69 Å². The topological polar surface area (TPSA) is 61.1 Å². The normalized spacial score (nSPS) is 10.8. The molecule has 1 aromatic heterocycles. The molecule has 18 heavy (non-hydrogen) atoms. The molecule has 0 atom stereocenters. The molecule has 0 N–H and O–H groups in total. The Morgan fingerprint density at radius 3 is 2.61 bits per heavy atom. The number of rotatable bonds is 2. The molecule has 0 bridgehead atoms. The Hall–Kier alpha value is -1.69. The van der Waals surface area contributed by atoms with Crippen molar-refractivity contribution in [3.8, 4) is 0 Å². The van der Waals surface area contributed by atoms with Crippen LogP contribution in [0.1, 0.15) is 6.92 Å². The number of fused-ring (bicyclic) bond motifs is 1. The Morgan fingerprint density at radius 1 is 1.33 bits per heavy atom. The molecule has 0 saturated carbocycles. The summed E-state index contributed by atoms with van der Waals surface area (Å²) in [5.41, 5.74) is -0.393. The van der Waals surface area contributed by atoms with Crippen molar-refractivity contribution in [2.24, 2.45) is 7.05 Å². The number of carbonyl (C=O) groups excluding carboxylic acids is 1. The molecule has 0 fully saturated rings. The number of nitrogens with zero attached hydrogens (tertiary/aromatic N) is 2. The molecule has 0 amide bonds. The van der Waals surface area contributed by atoms with Crippen molar-refractivity contribution < 1.29 is 4.79 Å². The lowest BCUT2D eigenvalue weighted by atomic mass is 10.2. The first kappa shape index (κ1) is 12.8. The van der Waals surface area contributed by atoms with Crippen molar-refractivity contribution in [2.75, 3.05) is 0 Å². The summed E-state index contributed by atoms with van der Waals surface area (Å²) in [5, 5.41) is 0.404. The zero-order valence-corrected chi connectivity index (χ0v) is 11.5. The van der Waals surface area contributed by atoms with Crippen molar-refractivity contribution in [3.63, 3.8) is 0 Å². The molecule has 1 aromatic carbocycles. The number of carbonyl (C=O) groups is 1. The lowest BCUT2D eigenvalue weighted by Gasteiger charge is -2.10. The van der Waals surface area contributed by atoms with Gasteiger partial charge in [0.15, 0.2) is 0 Å². The summed E-state index contributed by atoms with van der Waals surface area (Å²) in [5.74, 6) is -0.236. The highest BCUT2D eigenvalue weighted by atomic mass is 79.9. The predicted molar refractivity (Wildman–Crippen MR) is 71.8 cm³/mol. The zero-order chi connectivity index (χ0) is 13.4. The van der Waals surface area contributed by atoms with Crippen LogP contribution in [0.2, 0.25) is 0 Å². The number of Topliss-reactive ketones (excluding diaryl/α,β-unsaturated/α-hetero) is 1. The first-order chi connectivity index (χ1) is 8.43. The fourth-order valence-corrected chi connectivity index (χ4v) is 2.40. The third kappa shape index (κ3) is 1.92. The monoisotopic (exact) mass is 310 g/mol. The van der Waals surface area contributed by atoms with Gasteiger partial charge < -0.3 is 0 Å². The first-order valence-electron chi connectivity index (χ1n) is 5.31. The average Bonchev–Trinajstić information content (AvgIpc) is 2.31. The molecule has 0 aliphatic rings. The van der Waals surface area contributed by atoms with Gasteiger partial charge in [0, 0.05) is 11.5 Å². The van der Waals surface area contributed by atoms with Gasteiger partial charge in [-0.1, -0.05) is 6.07 Å². The Morgan fingerprint density at radius 2 is 2.00 bits per heavy atom. The van der Waals surface area contributed by atoms with E-state index in [9.17, 15) is 14.4 Å². The molecule has 94 valence electrons. The van der Waals surface area contributed by atoms with E-state index < -0.39 is 11.2 Å². The van der Waals surface area contributed by atoms with Crippen molar-refractivity contribution >= 4 is 32.6 Å². The molecule has 0 radical (unpaired) electrons. The van der Waals surface area contributed by atoms with Crippen LogP contribution in [-0.2, 0) is 18.4 Å². The van der Waals surface area contributed by atoms with Crippen LogP contribution in [0.25, 0.3) is 10.9 Å². The van der Waals surface area contributed by atoms with Gasteiger partial charge in [0.25, 0.3) is 5.56 Å². The molecule has 0 saturated heterocycles. The number of aromatic nitrogens is 2. The maximum absolute atomic E-state index is 12.2. The summed E-state index contributed by atoms with van der Waals surface area (Å²) in [7, 11) is 1.58. The molecule has 0 aliphatic heterocycles. The van der Waals surface area contributed by atoms with E-state index in [0.717, 1.165) is 4.57 Å². The standard InChI is InChI=1S/C12H11BrN2O3/c1-7(16)6-15-11(17)10-8(13)4-3-5-9(10)14(2)12(15)18/h3-5H,6H2,1-2H3. The molecule has 6 heteroatoms. The average molecular weight is 311 g/mol. The van der Waals surface area contributed by atoms with E-state index in [-0.39, 0.29) is 12.3 Å². The van der Waals surface area contributed by atoms with Gasteiger partial charge in [0.2, 0.25) is 0 Å². The third-order valence-electron chi connectivity index (χ3n) is 2.71. The molecule has 2 aromatic rings. The summed E-state index contributed by atoms with van der Waals surface area (Å²) in [6.07, 6.45) is 0. The second-order valence-corrected chi connectivity index (χ2v) is 4.92. The van der Waals surface area contributed by atoms with Crippen LogP contribution in [0.5, 0.6) is 0 Å². The molecule has 1 heterocycles. The summed E-state index contributed by atoms with van der Waals surface area (Å²) in [4.78, 5) is 35.4. The number of aryl methyl sites for hydroxylation is 1. The first-order valence-corrected chi connectivity index (χ1v) is 6.10. The van der Waals surface area contributed by atoms with Gasteiger partial charge in [-0.2, -0.15) is 0 Å². The highest BCUT2D eigenvalue weighted by molar-refractivity contribution is 9.10. The maximum Gasteiger partial charge on any atom is 0.331 e. The highest BCUT2D eigenvalue weighted by Gasteiger charge is 2.13. The van der Waals surface area contributed by atoms with E-state index >= 15 is 0 Å². The van der Waals surface area contributed by atoms with Gasteiger partial charge in [-0.25, -0.2) is 4.79 Å². The number of hydrogen-bond acceptors (Lipinski definition) is 3. The van der Waals surface area contributed by atoms with E-state index in [1.807, 2.05) is 0 Å². The van der Waals surface area contributed by atoms with Gasteiger partial charge in [-0.15, -0.1) is 0 Å². The van der Waals surface area contributed by atoms with Gasteiger partial charge in [0.05, 0.1) is 17.4 Å². The number of benzene rings is 1. The fourth-order valence-electron chi connectivity index (χ4n) is 1.87. The molecular formula is C12H11BrN2O3. The maximum atomic E-state index is 12.2. The highest BCUT2D eigenvalue weighted by Crippen LogP contribution is 2.18. The lowest BCUT2D eigenvalue weighted by molar-refractivity contribution is -0.117. The lowest BCUT2D eigenvalue weighted by Crippen LogP contribution is -2.40. The molecular weight excluding hydrogens is 300 g/mol. The summed E-state index contributed by atoms with van der Waals surface area (Å²) >= 11 is 3.29. The quantitative estimate of drug-likeness (QED) is 0.833. The SMILES string of the molecule is CC(=O)Cn1c(=O)c2c(Br)cccc2n(C)c1=O. The largest absolute Gasteiger partial charge is 0.331 e. The van der Waals surface area contributed by atoms with Gasteiger partial charge in [-0.3, -0.25) is 18.7 Å². The minimum atomic E-state index is -0.485. The molecule has 2 rings (SSSR count). The molecule has 0 unspecified atom stereocenters. The minimum Gasteiger partial charge on any atom is -0.298 e. The smallest absolute Gasteiger partial charge is 0.298 e. The van der Waals surface area contributed by atoms with E-state index in [2.05, 4.69) is 15.9 Å². The second-order valence-electron chi connectivity index (χ2n) is 4.07. The van der Waals surface area contributed by atoms with Crippen LogP contribution >= 0.6 is 15.9 Å². The Bertz CT molecular complexity index is 758. The Labute approximate surface area is 111 Å². The van der Waals surface area contributed by atoms with E-state index in [1.165, 1.54) is 11.5 Å². The minimum absolute atomic E-state index is 0.206. The Balaban J connectivity index is 2.99. The number of hydrogen-bond donors (Lipinski definition) is 0. The van der Waals surface area contributed by atoms with Crippen LogP contribution in [-0.4, -0.2) is 14.9 Å². The number of ketones is 1. The molecule has 0 aliphatic carbocycles. The van der Waals surface area contributed by atoms with Gasteiger partial charge in [-0.05, 0) is 35.0 Å². The second kappa shape index (κ2) is 4.53. The Kier molecular flexibility index (Phi) is 3.21. The van der Waals surface area contributed by atoms with E-state index in [0.29, 0.717) is 15.4 Å². The zero-order valence-electron chi connectivity index (χ0n) is 9.94. The third-order valence-corrected chi connectivity index (χ3v) is 3.37. The fraction of sp³-hybridized carbons (Fsp3) is 0.250. The summed E-state index contributed by atoms with van der Waals surface area (Å²) < 4.78 is 2.93. The van der Waals surface area contributed by atoms with Crippen molar-refractivity contribution in [1.29, 1.82) is 0 Å². The molecule has 5 nitrogen and oxygen atoms in total. The van der Waals surface area contributed by atoms with E-state index in [1.54, 1.807) is 25.2 Å². The summed E-state index contributed by atoms with van der Waals surface area (Å²) in [6.45, 7) is 1.14. The van der Waals surface area contributed by atoms with Crippen molar-refractivity contribution in [2.45, 2.75) is 13.5 Å². The van der Waals surface area contributed by atoms with E-state index in [4.69, 9.17) is 0 Å².